The van der Waals surface area contributed by atoms with Gasteiger partial charge in [-0.25, -0.2) is 9.59 Å². The number of hydrogen-bond donors (Lipinski definition) is 4. The Hall–Kier alpha value is -2.37. The molecular formula is C15H24N4O6S. The minimum Gasteiger partial charge on any atom is -0.391 e. The van der Waals surface area contributed by atoms with Gasteiger partial charge in [0.05, 0.1) is 0 Å². The van der Waals surface area contributed by atoms with Gasteiger partial charge in [-0.3, -0.25) is 9.59 Å². The van der Waals surface area contributed by atoms with Crippen molar-refractivity contribution < 1.29 is 28.2 Å². The normalized spacial score (nSPS) is 10.9. The molecule has 0 aromatic carbocycles. The number of carbonyl (C=O) groups excluding carboxylic acids is 4. The maximum absolute atomic E-state index is 11.4. The van der Waals surface area contributed by atoms with E-state index in [1.165, 1.54) is 0 Å². The van der Waals surface area contributed by atoms with Gasteiger partial charge in [0, 0.05) is 50.3 Å². The van der Waals surface area contributed by atoms with E-state index >= 15 is 0 Å². The molecule has 146 valence electrons. The molecule has 0 unspecified atom stereocenters. The van der Waals surface area contributed by atoms with Gasteiger partial charge in [-0.2, -0.15) is 5.90 Å². The molecule has 11 heteroatoms. The highest BCUT2D eigenvalue weighted by Gasteiger charge is 2.02. The Bertz CT molecular complexity index is 492. The molecule has 0 aliphatic heterocycles. The van der Waals surface area contributed by atoms with Crippen LogP contribution >= 0.6 is 12.9 Å². The van der Waals surface area contributed by atoms with Crippen LogP contribution < -0.4 is 16.5 Å². The van der Waals surface area contributed by atoms with Crippen molar-refractivity contribution in [2.24, 2.45) is 5.90 Å². The first kappa shape index (κ1) is 23.6. The predicted molar refractivity (Wildman–Crippen MR) is 96.4 cm³/mol. The molecule has 0 fully saturated rings. The van der Waals surface area contributed by atoms with Crippen LogP contribution in [0.25, 0.3) is 0 Å². The van der Waals surface area contributed by atoms with E-state index in [-0.39, 0.29) is 5.91 Å². The topological polar surface area (TPSA) is 140 Å². The number of hydrogen-bond acceptors (Lipinski definition) is 9. The number of nitrogens with one attached hydrogen (secondary N) is 2. The van der Waals surface area contributed by atoms with Gasteiger partial charge in [-0.1, -0.05) is 0 Å². The fourth-order valence-corrected chi connectivity index (χ4v) is 1.77. The summed E-state index contributed by atoms with van der Waals surface area (Å²) in [4.78, 5) is 50.1. The molecule has 0 aliphatic rings. The second-order valence-corrected chi connectivity index (χ2v) is 5.29. The summed E-state index contributed by atoms with van der Waals surface area (Å²) < 4.78 is 4.07. The first-order chi connectivity index (χ1) is 12.4. The van der Waals surface area contributed by atoms with E-state index < -0.39 is 17.8 Å². The molecule has 0 heterocycles. The van der Waals surface area contributed by atoms with Crippen molar-refractivity contribution in [3.8, 4) is 0 Å². The molecule has 2 amide bonds. The lowest BCUT2D eigenvalue weighted by atomic mass is 10.3. The van der Waals surface area contributed by atoms with Gasteiger partial charge in [-0.05, 0) is 33.0 Å². The van der Waals surface area contributed by atoms with Crippen LogP contribution in [0.2, 0.25) is 0 Å². The molecule has 0 aromatic rings. The van der Waals surface area contributed by atoms with Gasteiger partial charge < -0.3 is 24.6 Å². The quantitative estimate of drug-likeness (QED) is 0.108. The summed E-state index contributed by atoms with van der Waals surface area (Å²) in [5.74, 6) is 2.31. The van der Waals surface area contributed by atoms with Crippen molar-refractivity contribution in [2.75, 3.05) is 33.2 Å². The van der Waals surface area contributed by atoms with Crippen molar-refractivity contribution in [3.05, 3.63) is 24.3 Å². The molecule has 0 spiro atoms. The molecule has 26 heavy (non-hydrogen) atoms. The van der Waals surface area contributed by atoms with E-state index in [9.17, 15) is 19.2 Å². The minimum absolute atomic E-state index is 0.388. The van der Waals surface area contributed by atoms with Gasteiger partial charge in [0.15, 0.2) is 0 Å². The molecule has 4 N–H and O–H groups in total. The zero-order chi connectivity index (χ0) is 19.8. The lowest BCUT2D eigenvalue weighted by Gasteiger charge is -2.16. The molecular weight excluding hydrogens is 364 g/mol. The van der Waals surface area contributed by atoms with E-state index in [4.69, 9.17) is 0 Å². The summed E-state index contributed by atoms with van der Waals surface area (Å²) in [6.45, 7) is 2.41. The smallest absolute Gasteiger partial charge is 0.349 e. The van der Waals surface area contributed by atoms with Crippen LogP contribution in [-0.4, -0.2) is 61.9 Å². The Kier molecular flexibility index (Phi) is 13.6. The van der Waals surface area contributed by atoms with Gasteiger partial charge in [0.25, 0.3) is 0 Å². The van der Waals surface area contributed by atoms with Crippen molar-refractivity contribution >= 4 is 36.7 Å². The Labute approximate surface area is 157 Å². The lowest BCUT2D eigenvalue weighted by molar-refractivity contribution is -0.138. The van der Waals surface area contributed by atoms with Gasteiger partial charge in [0.1, 0.15) is 0 Å². The lowest BCUT2D eigenvalue weighted by Crippen LogP contribution is -2.30. The summed E-state index contributed by atoms with van der Waals surface area (Å²) in [5.41, 5.74) is 0. The second kappa shape index (κ2) is 14.9. The van der Waals surface area contributed by atoms with Crippen molar-refractivity contribution in [1.29, 1.82) is 0 Å². The van der Waals surface area contributed by atoms with E-state index in [1.807, 2.05) is 11.9 Å². The van der Waals surface area contributed by atoms with Crippen molar-refractivity contribution in [3.63, 3.8) is 0 Å². The average molecular weight is 388 g/mol. The van der Waals surface area contributed by atoms with Crippen LogP contribution in [0.5, 0.6) is 0 Å². The Balaban J connectivity index is 3.70. The predicted octanol–water partition coefficient (Wildman–Crippen LogP) is -1.15. The molecule has 0 radical (unpaired) electrons. The largest absolute Gasteiger partial charge is 0.391 e. The number of nitrogens with two attached hydrogens (primary N) is 1. The molecule has 0 rings (SSSR count). The van der Waals surface area contributed by atoms with Gasteiger partial charge in [-0.15, -0.1) is 0 Å². The van der Waals surface area contributed by atoms with Crippen molar-refractivity contribution in [2.45, 2.75) is 12.8 Å². The van der Waals surface area contributed by atoms with Crippen LogP contribution in [0.15, 0.2) is 24.3 Å². The molecule has 0 aromatic heterocycles. The number of rotatable bonds is 12. The van der Waals surface area contributed by atoms with Crippen LogP contribution in [0.3, 0.4) is 0 Å². The highest BCUT2D eigenvalue weighted by Crippen LogP contribution is 1.90. The SMILES string of the molecule is CN(CCCNC(=O)/C=C\C(=O)ON)CCCNC(=O)/C=C\C(=O)OS. The van der Waals surface area contributed by atoms with Crippen LogP contribution in [0.4, 0.5) is 0 Å². The van der Waals surface area contributed by atoms with E-state index in [2.05, 4.69) is 38.5 Å². The van der Waals surface area contributed by atoms with Crippen molar-refractivity contribution in [1.82, 2.24) is 15.5 Å². The van der Waals surface area contributed by atoms with Crippen LogP contribution in [0.1, 0.15) is 12.8 Å². The second-order valence-electron chi connectivity index (χ2n) is 5.11. The maximum Gasteiger partial charge on any atom is 0.349 e. The third kappa shape index (κ3) is 14.0. The Morgan fingerprint density at radius 1 is 0.923 bits per heavy atom. The summed E-state index contributed by atoms with van der Waals surface area (Å²) in [7, 11) is 1.92. The number of nitrogens with zero attached hydrogens (tertiary/aromatic N) is 1. The van der Waals surface area contributed by atoms with Crippen LogP contribution in [0, 0.1) is 0 Å². The summed E-state index contributed by atoms with van der Waals surface area (Å²) in [6, 6.07) is 0. The first-order valence-electron chi connectivity index (χ1n) is 7.75. The molecule has 0 saturated heterocycles. The number of amides is 2. The third-order valence-electron chi connectivity index (χ3n) is 2.98. The zero-order valence-electron chi connectivity index (χ0n) is 14.5. The average Bonchev–Trinajstić information content (AvgIpc) is 2.64. The molecule has 0 saturated carbocycles. The summed E-state index contributed by atoms with van der Waals surface area (Å²) in [5, 5.41) is 5.25. The summed E-state index contributed by atoms with van der Waals surface area (Å²) in [6.07, 6.45) is 5.49. The van der Waals surface area contributed by atoms with E-state index in [0.717, 1.165) is 50.2 Å². The Morgan fingerprint density at radius 2 is 1.38 bits per heavy atom. The molecule has 0 aliphatic carbocycles. The zero-order valence-corrected chi connectivity index (χ0v) is 15.4. The Morgan fingerprint density at radius 3 is 1.81 bits per heavy atom. The van der Waals surface area contributed by atoms with E-state index in [0.29, 0.717) is 13.1 Å². The highest BCUT2D eigenvalue weighted by atomic mass is 32.1. The molecule has 10 nitrogen and oxygen atoms in total. The number of carbonyl (C=O) groups is 4. The summed E-state index contributed by atoms with van der Waals surface area (Å²) >= 11 is 3.31. The maximum atomic E-state index is 11.4. The van der Waals surface area contributed by atoms with E-state index in [1.54, 1.807) is 0 Å². The molecule has 0 bridgehead atoms. The number of thiol groups is 1. The monoisotopic (exact) mass is 388 g/mol. The van der Waals surface area contributed by atoms with Crippen LogP contribution in [-0.2, 0) is 28.2 Å². The standard InChI is InChI=1S/C15H24N4O6S/c1-19(10-2-8-17-12(20)4-6-14(22)24-16)11-3-9-18-13(21)5-7-15(23)25-26/h4-7,26H,2-3,8-11,16H2,1H3,(H,17,20)(H,18,21)/b6-4-,7-5-. The fraction of sp³-hybridized carbons (Fsp3) is 0.467. The van der Waals surface area contributed by atoms with Gasteiger partial charge in [0.2, 0.25) is 11.8 Å². The van der Waals surface area contributed by atoms with Gasteiger partial charge >= 0.3 is 11.9 Å². The first-order valence-corrected chi connectivity index (χ1v) is 8.12. The third-order valence-corrected chi connectivity index (χ3v) is 3.16. The minimum atomic E-state index is -0.802. The highest BCUT2D eigenvalue weighted by molar-refractivity contribution is 7.75. The molecule has 0 atom stereocenters. The fourth-order valence-electron chi connectivity index (χ4n) is 1.71.